The van der Waals surface area contributed by atoms with E-state index in [2.05, 4.69) is 0 Å². The largest absolute Gasteiger partial charge is 0.479 e. The van der Waals surface area contributed by atoms with Gasteiger partial charge in [0.25, 0.3) is 0 Å². The molecule has 1 atom stereocenters. The molecular formula is C10H9ClO4. The first-order valence-corrected chi connectivity index (χ1v) is 4.58. The highest BCUT2D eigenvalue weighted by Crippen LogP contribution is 2.11. The molecule has 0 bridgehead atoms. The predicted molar refractivity (Wildman–Crippen MR) is 54.0 cm³/mol. The van der Waals surface area contributed by atoms with Crippen molar-refractivity contribution in [3.8, 4) is 0 Å². The molecule has 0 spiro atoms. The number of halogens is 1. The zero-order valence-electron chi connectivity index (χ0n) is 7.68. The van der Waals surface area contributed by atoms with E-state index in [4.69, 9.17) is 21.8 Å². The zero-order valence-corrected chi connectivity index (χ0v) is 8.44. The monoisotopic (exact) mass is 228 g/mol. The van der Waals surface area contributed by atoms with E-state index in [1.165, 1.54) is 24.3 Å². The van der Waals surface area contributed by atoms with Crippen LogP contribution in [-0.2, 0) is 4.79 Å². The number of rotatable bonds is 4. The van der Waals surface area contributed by atoms with Crippen molar-refractivity contribution in [2.75, 3.05) is 0 Å². The Hall–Kier alpha value is -1.39. The topological polar surface area (TPSA) is 74.6 Å². The maximum atomic E-state index is 11.4. The van der Waals surface area contributed by atoms with E-state index in [9.17, 15) is 9.59 Å². The fourth-order valence-electron chi connectivity index (χ4n) is 1.02. The van der Waals surface area contributed by atoms with E-state index in [0.717, 1.165) is 0 Å². The Bertz CT molecular complexity index is 372. The third kappa shape index (κ3) is 3.34. The quantitative estimate of drug-likeness (QED) is 0.763. The molecule has 1 aromatic carbocycles. The molecule has 0 saturated carbocycles. The summed E-state index contributed by atoms with van der Waals surface area (Å²) in [6.45, 7) is 0. The van der Waals surface area contributed by atoms with Gasteiger partial charge >= 0.3 is 5.97 Å². The number of benzene rings is 1. The van der Waals surface area contributed by atoms with Gasteiger partial charge in [0.15, 0.2) is 11.9 Å². The van der Waals surface area contributed by atoms with Crippen LogP contribution in [0.3, 0.4) is 0 Å². The normalized spacial score (nSPS) is 12.1. The summed E-state index contributed by atoms with van der Waals surface area (Å²) in [5.41, 5.74) is 0.333. The van der Waals surface area contributed by atoms with Crippen LogP contribution in [0, 0.1) is 0 Å². The summed E-state index contributed by atoms with van der Waals surface area (Å²) in [5.74, 6) is -1.83. The van der Waals surface area contributed by atoms with Crippen molar-refractivity contribution in [1.29, 1.82) is 0 Å². The maximum absolute atomic E-state index is 11.4. The van der Waals surface area contributed by atoms with Gasteiger partial charge in [-0.25, -0.2) is 4.79 Å². The summed E-state index contributed by atoms with van der Waals surface area (Å²) in [4.78, 5) is 21.7. The Morgan fingerprint density at radius 1 is 1.27 bits per heavy atom. The lowest BCUT2D eigenvalue weighted by atomic mass is 10.1. The molecule has 2 N–H and O–H groups in total. The third-order valence-electron chi connectivity index (χ3n) is 1.83. The lowest BCUT2D eigenvalue weighted by Crippen LogP contribution is -2.23. The molecule has 15 heavy (non-hydrogen) atoms. The number of Topliss-reactive ketones (excluding diaryl/α,β-unsaturated/α-hetero) is 1. The standard InChI is InChI=1S/C10H9ClO4/c11-7-3-1-6(2-4-7)8(12)5-9(13)10(14)15/h1-4,9,13H,5H2,(H,14,15)/t9-/m1/s1. The number of aliphatic carboxylic acids is 1. The van der Waals surface area contributed by atoms with Crippen molar-refractivity contribution in [3.63, 3.8) is 0 Å². The fourth-order valence-corrected chi connectivity index (χ4v) is 1.14. The second kappa shape index (κ2) is 4.91. The van der Waals surface area contributed by atoms with Crippen molar-refractivity contribution in [1.82, 2.24) is 0 Å². The predicted octanol–water partition coefficient (Wildman–Crippen LogP) is 1.36. The first-order valence-electron chi connectivity index (χ1n) is 4.20. The summed E-state index contributed by atoms with van der Waals surface area (Å²) >= 11 is 5.62. The van der Waals surface area contributed by atoms with Gasteiger partial charge in [0.1, 0.15) is 0 Å². The van der Waals surface area contributed by atoms with Crippen molar-refractivity contribution < 1.29 is 19.8 Å². The zero-order chi connectivity index (χ0) is 11.4. The number of hydrogen-bond acceptors (Lipinski definition) is 3. The average molecular weight is 229 g/mol. The fraction of sp³-hybridized carbons (Fsp3) is 0.200. The van der Waals surface area contributed by atoms with Gasteiger partial charge < -0.3 is 10.2 Å². The molecule has 0 aliphatic heterocycles. The van der Waals surface area contributed by atoms with Gasteiger partial charge in [0, 0.05) is 17.0 Å². The molecule has 0 aliphatic rings. The van der Waals surface area contributed by atoms with Crippen LogP contribution in [0.5, 0.6) is 0 Å². The number of carboxylic acids is 1. The van der Waals surface area contributed by atoms with E-state index in [1.807, 2.05) is 0 Å². The summed E-state index contributed by atoms with van der Waals surface area (Å²) in [7, 11) is 0. The summed E-state index contributed by atoms with van der Waals surface area (Å²) in [5, 5.41) is 17.9. The lowest BCUT2D eigenvalue weighted by Gasteiger charge is -2.04. The third-order valence-corrected chi connectivity index (χ3v) is 2.08. The molecule has 0 aromatic heterocycles. The molecule has 0 aliphatic carbocycles. The number of carbonyl (C=O) groups is 2. The Morgan fingerprint density at radius 2 is 1.80 bits per heavy atom. The first kappa shape index (κ1) is 11.7. The number of hydrogen-bond donors (Lipinski definition) is 2. The molecule has 0 saturated heterocycles. The van der Waals surface area contributed by atoms with Crippen LogP contribution in [0.15, 0.2) is 24.3 Å². The molecule has 0 radical (unpaired) electrons. The molecule has 1 aromatic rings. The van der Waals surface area contributed by atoms with E-state index < -0.39 is 24.3 Å². The highest BCUT2D eigenvalue weighted by Gasteiger charge is 2.18. The van der Waals surface area contributed by atoms with Crippen LogP contribution in [0.1, 0.15) is 16.8 Å². The first-order chi connectivity index (χ1) is 7.00. The molecule has 0 fully saturated rings. The molecule has 80 valence electrons. The number of ketones is 1. The van der Waals surface area contributed by atoms with Crippen molar-refractivity contribution >= 4 is 23.4 Å². The molecule has 1 rings (SSSR count). The van der Waals surface area contributed by atoms with E-state index >= 15 is 0 Å². The minimum absolute atomic E-state index is 0.333. The van der Waals surface area contributed by atoms with Gasteiger partial charge in [-0.1, -0.05) is 11.6 Å². The molecule has 4 nitrogen and oxygen atoms in total. The number of carboxylic acid groups (broad SMARTS) is 1. The molecule has 5 heteroatoms. The van der Waals surface area contributed by atoms with Crippen LogP contribution in [0.4, 0.5) is 0 Å². The smallest absolute Gasteiger partial charge is 0.332 e. The Morgan fingerprint density at radius 3 is 2.27 bits per heavy atom. The molecular weight excluding hydrogens is 220 g/mol. The molecule has 0 heterocycles. The van der Waals surface area contributed by atoms with E-state index in [1.54, 1.807) is 0 Å². The van der Waals surface area contributed by atoms with Gasteiger partial charge in [-0.05, 0) is 24.3 Å². The minimum Gasteiger partial charge on any atom is -0.479 e. The summed E-state index contributed by atoms with van der Waals surface area (Å²) in [6.07, 6.45) is -2.09. The van der Waals surface area contributed by atoms with Gasteiger partial charge in [0.05, 0.1) is 0 Å². The molecule has 0 unspecified atom stereocenters. The van der Waals surface area contributed by atoms with Crippen molar-refractivity contribution in [2.45, 2.75) is 12.5 Å². The van der Waals surface area contributed by atoms with E-state index in [-0.39, 0.29) is 0 Å². The van der Waals surface area contributed by atoms with Gasteiger partial charge in [-0.3, -0.25) is 4.79 Å². The highest BCUT2D eigenvalue weighted by molar-refractivity contribution is 6.30. The van der Waals surface area contributed by atoms with Crippen LogP contribution in [0.2, 0.25) is 5.02 Å². The summed E-state index contributed by atoms with van der Waals surface area (Å²) in [6, 6.07) is 6.03. The van der Waals surface area contributed by atoms with E-state index in [0.29, 0.717) is 10.6 Å². The lowest BCUT2D eigenvalue weighted by molar-refractivity contribution is -0.146. The maximum Gasteiger partial charge on any atom is 0.332 e. The van der Waals surface area contributed by atoms with Gasteiger partial charge in [0.2, 0.25) is 0 Å². The molecule has 0 amide bonds. The number of aliphatic hydroxyl groups excluding tert-OH is 1. The summed E-state index contributed by atoms with van der Waals surface area (Å²) < 4.78 is 0. The Balaban J connectivity index is 2.69. The Labute approximate surface area is 91.1 Å². The average Bonchev–Trinajstić information content (AvgIpc) is 2.18. The second-order valence-electron chi connectivity index (χ2n) is 2.99. The minimum atomic E-state index is -1.66. The number of aliphatic hydroxyl groups is 1. The second-order valence-corrected chi connectivity index (χ2v) is 3.42. The van der Waals surface area contributed by atoms with Crippen LogP contribution in [-0.4, -0.2) is 28.1 Å². The van der Waals surface area contributed by atoms with Gasteiger partial charge in [-0.15, -0.1) is 0 Å². The van der Waals surface area contributed by atoms with Crippen LogP contribution < -0.4 is 0 Å². The SMILES string of the molecule is O=C(C[C@@H](O)C(=O)O)c1ccc(Cl)cc1. The Kier molecular flexibility index (Phi) is 3.82. The van der Waals surface area contributed by atoms with Crippen molar-refractivity contribution in [3.05, 3.63) is 34.9 Å². The van der Waals surface area contributed by atoms with Crippen LogP contribution in [0.25, 0.3) is 0 Å². The van der Waals surface area contributed by atoms with Crippen molar-refractivity contribution in [2.24, 2.45) is 0 Å². The van der Waals surface area contributed by atoms with Crippen LogP contribution >= 0.6 is 11.6 Å². The van der Waals surface area contributed by atoms with Gasteiger partial charge in [-0.2, -0.15) is 0 Å². The highest BCUT2D eigenvalue weighted by atomic mass is 35.5. The number of carbonyl (C=O) groups excluding carboxylic acids is 1.